The highest BCUT2D eigenvalue weighted by atomic mass is 32.2. The Morgan fingerprint density at radius 2 is 2.47 bits per heavy atom. The van der Waals surface area contributed by atoms with Gasteiger partial charge in [-0.2, -0.15) is 11.8 Å². The number of hydrogen-bond acceptors (Lipinski definition) is 5. The fourth-order valence-corrected chi connectivity index (χ4v) is 2.82. The van der Waals surface area contributed by atoms with Crippen molar-refractivity contribution >= 4 is 17.7 Å². The molecule has 19 heavy (non-hydrogen) atoms. The van der Waals surface area contributed by atoms with Crippen LogP contribution in [0.15, 0.2) is 18.3 Å². The van der Waals surface area contributed by atoms with Gasteiger partial charge in [-0.3, -0.25) is 4.79 Å². The van der Waals surface area contributed by atoms with E-state index in [1.165, 1.54) is 0 Å². The highest BCUT2D eigenvalue weighted by Gasteiger charge is 2.17. The van der Waals surface area contributed by atoms with E-state index in [2.05, 4.69) is 10.3 Å². The van der Waals surface area contributed by atoms with Crippen LogP contribution in [0.1, 0.15) is 16.8 Å². The van der Waals surface area contributed by atoms with Crippen LogP contribution in [-0.4, -0.2) is 48.8 Å². The van der Waals surface area contributed by atoms with Crippen molar-refractivity contribution in [2.45, 2.75) is 12.5 Å². The van der Waals surface area contributed by atoms with Crippen molar-refractivity contribution < 1.29 is 14.3 Å². The summed E-state index contributed by atoms with van der Waals surface area (Å²) in [5.41, 5.74) is 0.532. The van der Waals surface area contributed by atoms with Crippen LogP contribution >= 0.6 is 11.8 Å². The molecule has 2 heterocycles. The monoisotopic (exact) mass is 282 g/mol. The quantitative estimate of drug-likeness (QED) is 0.798. The van der Waals surface area contributed by atoms with Gasteiger partial charge in [0.2, 0.25) is 5.88 Å². The van der Waals surface area contributed by atoms with Crippen molar-refractivity contribution in [2.75, 3.05) is 31.8 Å². The summed E-state index contributed by atoms with van der Waals surface area (Å²) in [7, 11) is 1.60. The van der Waals surface area contributed by atoms with Crippen LogP contribution in [0.4, 0.5) is 0 Å². The van der Waals surface area contributed by atoms with E-state index in [4.69, 9.17) is 9.47 Å². The average molecular weight is 282 g/mol. The van der Waals surface area contributed by atoms with Gasteiger partial charge in [0.1, 0.15) is 6.10 Å². The predicted octanol–water partition coefficient (Wildman–Crippen LogP) is 1.34. The number of rotatable bonds is 6. The van der Waals surface area contributed by atoms with Crippen LogP contribution in [0.3, 0.4) is 0 Å². The van der Waals surface area contributed by atoms with Gasteiger partial charge in [-0.05, 0) is 18.2 Å². The van der Waals surface area contributed by atoms with Gasteiger partial charge in [-0.1, -0.05) is 0 Å². The van der Waals surface area contributed by atoms with Gasteiger partial charge in [-0.15, -0.1) is 0 Å². The van der Waals surface area contributed by atoms with Crippen molar-refractivity contribution in [1.82, 2.24) is 10.3 Å². The van der Waals surface area contributed by atoms with Crippen LogP contribution in [0, 0.1) is 0 Å². The minimum atomic E-state index is -0.146. The zero-order chi connectivity index (χ0) is 13.5. The van der Waals surface area contributed by atoms with Gasteiger partial charge in [0, 0.05) is 31.7 Å². The lowest BCUT2D eigenvalue weighted by molar-refractivity contribution is 0.0936. The number of nitrogens with one attached hydrogen (secondary N) is 1. The molecule has 1 unspecified atom stereocenters. The van der Waals surface area contributed by atoms with E-state index in [0.29, 0.717) is 24.6 Å². The maximum Gasteiger partial charge on any atom is 0.252 e. The fourth-order valence-electron chi connectivity index (χ4n) is 1.73. The van der Waals surface area contributed by atoms with Gasteiger partial charge in [-0.25, -0.2) is 4.98 Å². The molecular weight excluding hydrogens is 264 g/mol. The first-order valence-corrected chi connectivity index (χ1v) is 7.42. The second-order valence-electron chi connectivity index (χ2n) is 4.24. The van der Waals surface area contributed by atoms with Crippen LogP contribution in [0.25, 0.3) is 0 Å². The summed E-state index contributed by atoms with van der Waals surface area (Å²) in [5.74, 6) is 2.60. The molecule has 1 fully saturated rings. The third kappa shape index (κ3) is 4.40. The number of aromatic nitrogens is 1. The van der Waals surface area contributed by atoms with Gasteiger partial charge in [0.25, 0.3) is 5.91 Å². The van der Waals surface area contributed by atoms with E-state index >= 15 is 0 Å². The molecule has 1 aromatic rings. The van der Waals surface area contributed by atoms with Crippen molar-refractivity contribution in [1.29, 1.82) is 0 Å². The van der Waals surface area contributed by atoms with Gasteiger partial charge in [0.05, 0.1) is 12.2 Å². The van der Waals surface area contributed by atoms with E-state index in [-0.39, 0.29) is 12.0 Å². The molecule has 1 atom stereocenters. The molecule has 1 N–H and O–H groups in total. The molecule has 0 spiro atoms. The first-order chi connectivity index (χ1) is 9.29. The lowest BCUT2D eigenvalue weighted by atomic mass is 10.2. The van der Waals surface area contributed by atoms with Crippen LogP contribution in [0.5, 0.6) is 5.88 Å². The fraction of sp³-hybridized carbons (Fsp3) is 0.538. The summed E-state index contributed by atoms with van der Waals surface area (Å²) < 4.78 is 10.6. The largest absolute Gasteiger partial charge is 0.473 e. The second-order valence-corrected chi connectivity index (χ2v) is 5.39. The summed E-state index contributed by atoms with van der Waals surface area (Å²) in [6.45, 7) is 0.993. The molecular formula is C13H18N2O3S. The molecule has 0 saturated carbocycles. The molecule has 1 aliphatic heterocycles. The molecule has 1 aliphatic rings. The number of thioether (sulfide) groups is 1. The summed E-state index contributed by atoms with van der Waals surface area (Å²) in [6.07, 6.45) is 2.85. The van der Waals surface area contributed by atoms with Gasteiger partial charge >= 0.3 is 0 Å². The molecule has 1 aromatic heterocycles. The normalized spacial score (nSPS) is 18.3. The van der Waals surface area contributed by atoms with Gasteiger partial charge < -0.3 is 14.8 Å². The third-order valence-corrected chi connectivity index (χ3v) is 3.90. The molecule has 0 radical (unpaired) electrons. The zero-order valence-electron chi connectivity index (χ0n) is 10.9. The maximum absolute atomic E-state index is 11.7. The Bertz CT molecular complexity index is 405. The second kappa shape index (κ2) is 7.35. The first kappa shape index (κ1) is 14.1. The lowest BCUT2D eigenvalue weighted by Gasteiger charge is -2.11. The summed E-state index contributed by atoms with van der Waals surface area (Å²) >= 11 is 1.89. The van der Waals surface area contributed by atoms with Crippen molar-refractivity contribution in [3.8, 4) is 5.88 Å². The Labute approximate surface area is 117 Å². The Kier molecular flexibility index (Phi) is 5.47. The highest BCUT2D eigenvalue weighted by molar-refractivity contribution is 7.99. The summed E-state index contributed by atoms with van der Waals surface area (Å²) in [6, 6.07) is 3.47. The van der Waals surface area contributed by atoms with Crippen molar-refractivity contribution in [2.24, 2.45) is 0 Å². The molecule has 0 aromatic carbocycles. The highest BCUT2D eigenvalue weighted by Crippen LogP contribution is 2.21. The number of carbonyl (C=O) groups excluding carboxylic acids is 1. The smallest absolute Gasteiger partial charge is 0.252 e. The Morgan fingerprint density at radius 1 is 1.58 bits per heavy atom. The number of methoxy groups -OCH3 is 1. The van der Waals surface area contributed by atoms with E-state index in [1.54, 1.807) is 25.4 Å². The Hall–Kier alpha value is -1.27. The van der Waals surface area contributed by atoms with Crippen LogP contribution in [-0.2, 0) is 4.74 Å². The minimum absolute atomic E-state index is 0.146. The van der Waals surface area contributed by atoms with E-state index in [0.717, 1.165) is 17.9 Å². The SMILES string of the molecule is COCCNC(=O)c1ccc(OC2CCSC2)nc1. The maximum atomic E-state index is 11.7. The van der Waals surface area contributed by atoms with E-state index < -0.39 is 0 Å². The minimum Gasteiger partial charge on any atom is -0.473 e. The van der Waals surface area contributed by atoms with E-state index in [1.807, 2.05) is 11.8 Å². The molecule has 0 bridgehead atoms. The van der Waals surface area contributed by atoms with Crippen LogP contribution in [0.2, 0.25) is 0 Å². The van der Waals surface area contributed by atoms with Gasteiger partial charge in [0.15, 0.2) is 0 Å². The topological polar surface area (TPSA) is 60.5 Å². The summed E-state index contributed by atoms with van der Waals surface area (Å²) in [5, 5.41) is 2.74. The van der Waals surface area contributed by atoms with Crippen molar-refractivity contribution in [3.05, 3.63) is 23.9 Å². The molecule has 2 rings (SSSR count). The Morgan fingerprint density at radius 3 is 3.11 bits per heavy atom. The number of carbonyl (C=O) groups is 1. The number of nitrogens with zero attached hydrogens (tertiary/aromatic N) is 1. The standard InChI is InChI=1S/C13H18N2O3S/c1-17-6-5-14-13(16)10-2-3-12(15-8-10)18-11-4-7-19-9-11/h2-3,8,11H,4-7,9H2,1H3,(H,14,16). The summed E-state index contributed by atoms with van der Waals surface area (Å²) in [4.78, 5) is 15.9. The third-order valence-electron chi connectivity index (χ3n) is 2.77. The average Bonchev–Trinajstić information content (AvgIpc) is 2.93. The first-order valence-electron chi connectivity index (χ1n) is 6.27. The molecule has 104 valence electrons. The molecule has 0 aliphatic carbocycles. The number of amides is 1. The molecule has 1 saturated heterocycles. The van der Waals surface area contributed by atoms with Crippen LogP contribution < -0.4 is 10.1 Å². The van der Waals surface area contributed by atoms with Crippen molar-refractivity contribution in [3.63, 3.8) is 0 Å². The zero-order valence-corrected chi connectivity index (χ0v) is 11.7. The Balaban J connectivity index is 1.84. The number of pyridine rings is 1. The number of hydrogen-bond donors (Lipinski definition) is 1. The molecule has 1 amide bonds. The molecule has 6 heteroatoms. The number of ether oxygens (including phenoxy) is 2. The molecule has 5 nitrogen and oxygen atoms in total. The van der Waals surface area contributed by atoms with E-state index in [9.17, 15) is 4.79 Å². The predicted molar refractivity (Wildman–Crippen MR) is 74.8 cm³/mol. The lowest BCUT2D eigenvalue weighted by Crippen LogP contribution is -2.27.